The molecule has 2 aromatic rings. The number of non-ortho nitro benzene ring substituents is 1. The molecule has 1 aliphatic heterocycles. The number of nitrogens with zero attached hydrogens (tertiary/aromatic N) is 1. The lowest BCUT2D eigenvalue weighted by Gasteiger charge is -2.04. The van der Waals surface area contributed by atoms with E-state index in [-0.39, 0.29) is 11.5 Å². The molecule has 0 N–H and O–H groups in total. The van der Waals surface area contributed by atoms with E-state index in [1.807, 2.05) is 0 Å². The van der Waals surface area contributed by atoms with Crippen LogP contribution in [0.5, 0.6) is 0 Å². The van der Waals surface area contributed by atoms with Gasteiger partial charge in [0.15, 0.2) is 6.29 Å². The molecule has 0 atom stereocenters. The number of ketones is 1. The normalized spacial score (nSPS) is 15.2. The van der Waals surface area contributed by atoms with Crippen LogP contribution in [0, 0.1) is 10.1 Å². The number of thiophene rings is 1. The number of ether oxygens (including phenoxy) is 2. The van der Waals surface area contributed by atoms with Crippen LogP contribution in [0.3, 0.4) is 0 Å². The molecule has 0 spiro atoms. The highest BCUT2D eigenvalue weighted by molar-refractivity contribution is 7.14. The summed E-state index contributed by atoms with van der Waals surface area (Å²) in [5.74, 6) is -0.167. The zero-order valence-electron chi connectivity index (χ0n) is 10.9. The summed E-state index contributed by atoms with van der Waals surface area (Å²) in [6, 6.07) is 9.09. The smallest absolute Gasteiger partial charge is 0.269 e. The molecular formula is C14H11NO5S. The predicted octanol–water partition coefficient (Wildman–Crippen LogP) is 2.93. The molecule has 0 saturated carbocycles. The molecule has 7 heteroatoms. The summed E-state index contributed by atoms with van der Waals surface area (Å²) in [5, 5.41) is 10.6. The van der Waals surface area contributed by atoms with Gasteiger partial charge < -0.3 is 9.47 Å². The number of nitro benzene ring substituents is 1. The molecule has 0 aliphatic carbocycles. The number of rotatable bonds is 4. The fourth-order valence-electron chi connectivity index (χ4n) is 2.00. The Morgan fingerprint density at radius 3 is 2.43 bits per heavy atom. The van der Waals surface area contributed by atoms with Crippen molar-refractivity contribution in [2.75, 3.05) is 13.2 Å². The van der Waals surface area contributed by atoms with E-state index in [0.717, 1.165) is 4.88 Å². The van der Waals surface area contributed by atoms with Crippen molar-refractivity contribution in [3.8, 4) is 0 Å². The zero-order valence-corrected chi connectivity index (χ0v) is 11.7. The lowest BCUT2D eigenvalue weighted by molar-refractivity contribution is -0.384. The number of carbonyl (C=O) groups is 1. The second-order valence-corrected chi connectivity index (χ2v) is 5.52. The van der Waals surface area contributed by atoms with E-state index in [2.05, 4.69) is 0 Å². The molecule has 108 valence electrons. The Morgan fingerprint density at radius 1 is 1.14 bits per heavy atom. The number of hydrogen-bond donors (Lipinski definition) is 0. The van der Waals surface area contributed by atoms with Gasteiger partial charge in [-0.05, 0) is 24.3 Å². The van der Waals surface area contributed by atoms with E-state index in [1.165, 1.54) is 35.6 Å². The average Bonchev–Trinajstić information content (AvgIpc) is 3.17. The van der Waals surface area contributed by atoms with E-state index in [0.29, 0.717) is 23.7 Å². The largest absolute Gasteiger partial charge is 0.345 e. The van der Waals surface area contributed by atoms with Gasteiger partial charge in [0.2, 0.25) is 5.78 Å². The maximum absolute atomic E-state index is 12.3. The molecule has 1 aromatic heterocycles. The molecule has 2 heterocycles. The molecule has 1 fully saturated rings. The highest BCUT2D eigenvalue weighted by atomic mass is 32.1. The van der Waals surface area contributed by atoms with Crippen LogP contribution in [0.1, 0.15) is 26.4 Å². The van der Waals surface area contributed by atoms with Gasteiger partial charge in [-0.15, -0.1) is 11.3 Å². The lowest BCUT2D eigenvalue weighted by Crippen LogP contribution is -1.99. The molecule has 0 unspecified atom stereocenters. The predicted molar refractivity (Wildman–Crippen MR) is 75.5 cm³/mol. The molecule has 1 aliphatic rings. The van der Waals surface area contributed by atoms with Gasteiger partial charge in [-0.25, -0.2) is 0 Å². The van der Waals surface area contributed by atoms with Gasteiger partial charge in [0.05, 0.1) is 27.9 Å². The standard InChI is InChI=1S/C14H11NO5S/c16-13(9-1-3-10(4-2-9)15(17)18)11-5-6-12(21-11)14-19-7-8-20-14/h1-6,14H,7-8H2. The van der Waals surface area contributed by atoms with E-state index < -0.39 is 11.2 Å². The number of hydrogen-bond acceptors (Lipinski definition) is 6. The second-order valence-electron chi connectivity index (χ2n) is 4.41. The summed E-state index contributed by atoms with van der Waals surface area (Å²) in [7, 11) is 0. The molecule has 0 bridgehead atoms. The molecule has 1 saturated heterocycles. The number of carbonyl (C=O) groups excluding carboxylic acids is 1. The summed E-state index contributed by atoms with van der Waals surface area (Å²) in [5.41, 5.74) is 0.383. The molecule has 1 aromatic carbocycles. The van der Waals surface area contributed by atoms with Crippen LogP contribution in [0.4, 0.5) is 5.69 Å². The van der Waals surface area contributed by atoms with Gasteiger partial charge in [-0.3, -0.25) is 14.9 Å². The van der Waals surface area contributed by atoms with E-state index >= 15 is 0 Å². The van der Waals surface area contributed by atoms with Crippen molar-refractivity contribution in [1.82, 2.24) is 0 Å². The molecule has 0 amide bonds. The van der Waals surface area contributed by atoms with Crippen LogP contribution in [0.2, 0.25) is 0 Å². The third kappa shape index (κ3) is 2.85. The highest BCUT2D eigenvalue weighted by Gasteiger charge is 2.22. The minimum atomic E-state index is -0.494. The highest BCUT2D eigenvalue weighted by Crippen LogP contribution is 2.30. The van der Waals surface area contributed by atoms with Gasteiger partial charge >= 0.3 is 0 Å². The monoisotopic (exact) mass is 305 g/mol. The van der Waals surface area contributed by atoms with Gasteiger partial charge in [0.25, 0.3) is 5.69 Å². The Kier molecular flexibility index (Phi) is 3.78. The van der Waals surface area contributed by atoms with Crippen LogP contribution >= 0.6 is 11.3 Å². The fourth-order valence-corrected chi connectivity index (χ4v) is 2.97. The number of nitro groups is 1. The van der Waals surface area contributed by atoms with Crippen LogP contribution in [0.15, 0.2) is 36.4 Å². The van der Waals surface area contributed by atoms with E-state index in [1.54, 1.807) is 12.1 Å². The average molecular weight is 305 g/mol. The third-order valence-electron chi connectivity index (χ3n) is 3.04. The Bertz CT molecular complexity index is 673. The maximum Gasteiger partial charge on any atom is 0.269 e. The summed E-state index contributed by atoms with van der Waals surface area (Å²) in [6.07, 6.45) is -0.395. The van der Waals surface area contributed by atoms with Crippen LogP contribution < -0.4 is 0 Å². The Labute approximate surface area is 124 Å². The molecular weight excluding hydrogens is 294 g/mol. The molecule has 6 nitrogen and oxygen atoms in total. The van der Waals surface area contributed by atoms with Crippen LogP contribution in [-0.2, 0) is 9.47 Å². The number of benzene rings is 1. The topological polar surface area (TPSA) is 78.7 Å². The Balaban J connectivity index is 1.79. The molecule has 21 heavy (non-hydrogen) atoms. The van der Waals surface area contributed by atoms with Crippen molar-refractivity contribution in [3.05, 3.63) is 61.8 Å². The van der Waals surface area contributed by atoms with Gasteiger partial charge in [-0.2, -0.15) is 0 Å². The maximum atomic E-state index is 12.3. The van der Waals surface area contributed by atoms with Gasteiger partial charge in [0.1, 0.15) is 0 Å². The van der Waals surface area contributed by atoms with Crippen molar-refractivity contribution in [2.45, 2.75) is 6.29 Å². The van der Waals surface area contributed by atoms with Gasteiger partial charge in [0, 0.05) is 17.7 Å². The first-order chi connectivity index (χ1) is 10.1. The molecule has 3 rings (SSSR count). The Hall–Kier alpha value is -2.09. The van der Waals surface area contributed by atoms with Crippen molar-refractivity contribution in [2.24, 2.45) is 0 Å². The first kappa shape index (κ1) is 13.9. The van der Waals surface area contributed by atoms with Crippen LogP contribution in [-0.4, -0.2) is 23.9 Å². The Morgan fingerprint density at radius 2 is 1.81 bits per heavy atom. The zero-order chi connectivity index (χ0) is 14.8. The first-order valence-electron chi connectivity index (χ1n) is 6.27. The van der Waals surface area contributed by atoms with Crippen molar-refractivity contribution in [3.63, 3.8) is 0 Å². The first-order valence-corrected chi connectivity index (χ1v) is 7.09. The second kappa shape index (κ2) is 5.72. The fraction of sp³-hybridized carbons (Fsp3) is 0.214. The van der Waals surface area contributed by atoms with E-state index in [4.69, 9.17) is 9.47 Å². The van der Waals surface area contributed by atoms with Crippen molar-refractivity contribution < 1.29 is 19.2 Å². The quantitative estimate of drug-likeness (QED) is 0.493. The van der Waals surface area contributed by atoms with Crippen LogP contribution in [0.25, 0.3) is 0 Å². The minimum Gasteiger partial charge on any atom is -0.345 e. The summed E-state index contributed by atoms with van der Waals surface area (Å²) < 4.78 is 10.8. The summed E-state index contributed by atoms with van der Waals surface area (Å²) in [6.45, 7) is 1.10. The van der Waals surface area contributed by atoms with E-state index in [9.17, 15) is 14.9 Å². The van der Waals surface area contributed by atoms with Gasteiger partial charge in [-0.1, -0.05) is 0 Å². The van der Waals surface area contributed by atoms with Crippen molar-refractivity contribution in [1.29, 1.82) is 0 Å². The minimum absolute atomic E-state index is 0.0359. The SMILES string of the molecule is O=C(c1ccc([N+](=O)[O-])cc1)c1ccc(C2OCCO2)s1. The third-order valence-corrected chi connectivity index (χ3v) is 4.15. The molecule has 0 radical (unpaired) electrons. The summed E-state index contributed by atoms with van der Waals surface area (Å²) >= 11 is 1.31. The van der Waals surface area contributed by atoms with Crippen molar-refractivity contribution >= 4 is 22.8 Å². The lowest BCUT2D eigenvalue weighted by atomic mass is 10.1. The summed E-state index contributed by atoms with van der Waals surface area (Å²) in [4.78, 5) is 23.8.